The third kappa shape index (κ3) is 2.50. The SMILES string of the molecule is c1ccc2c(c1)N(Cc1ccc3nsnc3c1)CC21COc2cc3c(cc21)OCCO3. The molecule has 0 N–H and O–H groups in total. The molecule has 7 rings (SSSR count). The van der Waals surface area contributed by atoms with Gasteiger partial charge in [-0.3, -0.25) is 0 Å². The molecule has 0 aliphatic carbocycles. The van der Waals surface area contributed by atoms with Crippen LogP contribution in [-0.4, -0.2) is 35.1 Å². The summed E-state index contributed by atoms with van der Waals surface area (Å²) in [6.45, 7) is 3.44. The van der Waals surface area contributed by atoms with Gasteiger partial charge >= 0.3 is 0 Å². The molecule has 1 spiro atoms. The first-order chi connectivity index (χ1) is 15.3. The molecule has 7 heteroatoms. The molecular formula is C24H19N3O3S. The van der Waals surface area contributed by atoms with E-state index in [4.69, 9.17) is 14.2 Å². The molecule has 0 amide bonds. The number of aromatic nitrogens is 2. The molecular weight excluding hydrogens is 410 g/mol. The Morgan fingerprint density at radius 2 is 1.68 bits per heavy atom. The number of para-hydroxylation sites is 1. The maximum Gasteiger partial charge on any atom is 0.165 e. The van der Waals surface area contributed by atoms with Gasteiger partial charge in [0.15, 0.2) is 11.5 Å². The number of anilines is 1. The molecule has 3 aromatic carbocycles. The molecule has 3 aliphatic heterocycles. The lowest BCUT2D eigenvalue weighted by atomic mass is 9.77. The molecule has 0 saturated heterocycles. The Balaban J connectivity index is 1.31. The highest BCUT2D eigenvalue weighted by Crippen LogP contribution is 2.54. The second-order valence-corrected chi connectivity index (χ2v) is 8.85. The molecule has 31 heavy (non-hydrogen) atoms. The second kappa shape index (κ2) is 6.34. The van der Waals surface area contributed by atoms with Gasteiger partial charge in [0.05, 0.1) is 17.1 Å². The highest BCUT2D eigenvalue weighted by molar-refractivity contribution is 7.00. The summed E-state index contributed by atoms with van der Waals surface area (Å²) in [6.07, 6.45) is 0. The lowest BCUT2D eigenvalue weighted by Crippen LogP contribution is -2.36. The summed E-state index contributed by atoms with van der Waals surface area (Å²) in [5.41, 5.74) is 6.68. The normalized spacial score (nSPS) is 20.7. The van der Waals surface area contributed by atoms with Crippen molar-refractivity contribution in [2.24, 2.45) is 0 Å². The van der Waals surface area contributed by atoms with Gasteiger partial charge in [-0.1, -0.05) is 24.3 Å². The predicted octanol–water partition coefficient (Wildman–Crippen LogP) is 4.16. The molecule has 1 aromatic heterocycles. The van der Waals surface area contributed by atoms with Crippen LogP contribution in [0, 0.1) is 0 Å². The van der Waals surface area contributed by atoms with Gasteiger partial charge in [-0.05, 0) is 35.4 Å². The lowest BCUT2D eigenvalue weighted by molar-refractivity contribution is 0.171. The van der Waals surface area contributed by atoms with E-state index in [9.17, 15) is 0 Å². The predicted molar refractivity (Wildman–Crippen MR) is 119 cm³/mol. The van der Waals surface area contributed by atoms with Crippen LogP contribution in [0.1, 0.15) is 16.7 Å². The number of hydrogen-bond acceptors (Lipinski definition) is 7. The van der Waals surface area contributed by atoms with E-state index in [1.165, 1.54) is 34.1 Å². The molecule has 0 fully saturated rings. The van der Waals surface area contributed by atoms with E-state index in [1.54, 1.807) is 0 Å². The second-order valence-electron chi connectivity index (χ2n) is 8.32. The van der Waals surface area contributed by atoms with Crippen LogP contribution < -0.4 is 19.1 Å². The first-order valence-corrected chi connectivity index (χ1v) is 11.2. The molecule has 3 aliphatic rings. The fourth-order valence-corrected chi connectivity index (χ4v) is 5.65. The van der Waals surface area contributed by atoms with E-state index < -0.39 is 0 Å². The third-order valence-corrected chi connectivity index (χ3v) is 7.10. The van der Waals surface area contributed by atoms with Crippen LogP contribution in [-0.2, 0) is 12.0 Å². The molecule has 0 bridgehead atoms. The Labute approximate surface area is 183 Å². The van der Waals surface area contributed by atoms with Crippen molar-refractivity contribution in [3.05, 3.63) is 71.3 Å². The van der Waals surface area contributed by atoms with Crippen LogP contribution in [0.15, 0.2) is 54.6 Å². The minimum Gasteiger partial charge on any atom is -0.492 e. The van der Waals surface area contributed by atoms with Gasteiger partial charge in [-0.25, -0.2) is 0 Å². The Hall–Kier alpha value is -3.32. The number of benzene rings is 3. The van der Waals surface area contributed by atoms with Gasteiger partial charge in [0, 0.05) is 30.4 Å². The van der Waals surface area contributed by atoms with Crippen LogP contribution >= 0.6 is 11.7 Å². The van der Waals surface area contributed by atoms with E-state index in [-0.39, 0.29) is 5.41 Å². The smallest absolute Gasteiger partial charge is 0.165 e. The Morgan fingerprint density at radius 3 is 2.61 bits per heavy atom. The molecule has 0 saturated carbocycles. The van der Waals surface area contributed by atoms with Gasteiger partial charge in [0.2, 0.25) is 0 Å². The Morgan fingerprint density at radius 1 is 0.839 bits per heavy atom. The van der Waals surface area contributed by atoms with Crippen LogP contribution in [0.4, 0.5) is 5.69 Å². The van der Waals surface area contributed by atoms with Crippen LogP contribution in [0.3, 0.4) is 0 Å². The van der Waals surface area contributed by atoms with Crippen molar-refractivity contribution in [1.82, 2.24) is 8.75 Å². The van der Waals surface area contributed by atoms with Gasteiger partial charge < -0.3 is 19.1 Å². The summed E-state index contributed by atoms with van der Waals surface area (Å²) in [4.78, 5) is 2.45. The molecule has 0 radical (unpaired) electrons. The molecule has 1 atom stereocenters. The van der Waals surface area contributed by atoms with Gasteiger partial charge in [0.1, 0.15) is 36.6 Å². The first-order valence-electron chi connectivity index (χ1n) is 10.4. The number of hydrogen-bond donors (Lipinski definition) is 0. The molecule has 4 heterocycles. The topological polar surface area (TPSA) is 56.7 Å². The molecule has 4 aromatic rings. The molecule has 6 nitrogen and oxygen atoms in total. The highest BCUT2D eigenvalue weighted by Gasteiger charge is 2.50. The first kappa shape index (κ1) is 17.4. The largest absolute Gasteiger partial charge is 0.492 e. The fraction of sp³-hybridized carbons (Fsp3) is 0.250. The number of rotatable bonds is 2. The minimum absolute atomic E-state index is 0.214. The van der Waals surface area contributed by atoms with Crippen molar-refractivity contribution in [3.8, 4) is 17.2 Å². The summed E-state index contributed by atoms with van der Waals surface area (Å²) in [5, 5.41) is 0. The van der Waals surface area contributed by atoms with Crippen molar-refractivity contribution in [3.63, 3.8) is 0 Å². The maximum atomic E-state index is 6.23. The summed E-state index contributed by atoms with van der Waals surface area (Å²) in [7, 11) is 0. The van der Waals surface area contributed by atoms with Crippen LogP contribution in [0.5, 0.6) is 17.2 Å². The quantitative estimate of drug-likeness (QED) is 0.477. The van der Waals surface area contributed by atoms with E-state index in [0.29, 0.717) is 19.8 Å². The summed E-state index contributed by atoms with van der Waals surface area (Å²) in [6, 6.07) is 19.2. The average molecular weight is 430 g/mol. The third-order valence-electron chi connectivity index (χ3n) is 6.55. The standard InChI is InChI=1S/C24H19N3O3S/c1-2-4-20-16(3-1)24(13-27(20)12-15-5-6-18-19(9-15)26-31-25-18)14-30-21-11-23-22(10-17(21)24)28-7-8-29-23/h1-6,9-11H,7-8,12-14H2. The van der Waals surface area contributed by atoms with Crippen LogP contribution in [0.25, 0.3) is 11.0 Å². The zero-order chi connectivity index (χ0) is 20.4. The zero-order valence-corrected chi connectivity index (χ0v) is 17.5. The zero-order valence-electron chi connectivity index (χ0n) is 16.7. The minimum atomic E-state index is -0.214. The summed E-state index contributed by atoms with van der Waals surface area (Å²) < 4.78 is 26.6. The number of fused-ring (bicyclic) bond motifs is 6. The highest BCUT2D eigenvalue weighted by atomic mass is 32.1. The van der Waals surface area contributed by atoms with Crippen molar-refractivity contribution >= 4 is 28.4 Å². The van der Waals surface area contributed by atoms with Crippen molar-refractivity contribution < 1.29 is 14.2 Å². The van der Waals surface area contributed by atoms with Crippen molar-refractivity contribution in [2.45, 2.75) is 12.0 Å². The van der Waals surface area contributed by atoms with Gasteiger partial charge in [-0.15, -0.1) is 0 Å². The maximum absolute atomic E-state index is 6.23. The lowest BCUT2D eigenvalue weighted by Gasteiger charge is -2.26. The van der Waals surface area contributed by atoms with Crippen molar-refractivity contribution in [1.29, 1.82) is 0 Å². The average Bonchev–Trinajstić information content (AvgIpc) is 3.50. The molecule has 154 valence electrons. The van der Waals surface area contributed by atoms with Crippen LogP contribution in [0.2, 0.25) is 0 Å². The Bertz CT molecular complexity index is 1340. The summed E-state index contributed by atoms with van der Waals surface area (Å²) >= 11 is 1.26. The van der Waals surface area contributed by atoms with Gasteiger partial charge in [0.25, 0.3) is 0 Å². The van der Waals surface area contributed by atoms with E-state index in [0.717, 1.165) is 41.4 Å². The summed E-state index contributed by atoms with van der Waals surface area (Å²) in [5.74, 6) is 2.48. The van der Waals surface area contributed by atoms with Gasteiger partial charge in [-0.2, -0.15) is 8.75 Å². The number of ether oxygens (including phenoxy) is 3. The van der Waals surface area contributed by atoms with E-state index >= 15 is 0 Å². The Kier molecular flexibility index (Phi) is 3.55. The monoisotopic (exact) mass is 429 g/mol. The van der Waals surface area contributed by atoms with E-state index in [1.807, 2.05) is 6.07 Å². The number of nitrogens with zero attached hydrogens (tertiary/aromatic N) is 3. The molecule has 1 unspecified atom stereocenters. The fourth-order valence-electron chi connectivity index (χ4n) is 5.13. The van der Waals surface area contributed by atoms with E-state index in [2.05, 4.69) is 62.2 Å². The van der Waals surface area contributed by atoms with Crippen molar-refractivity contribution in [2.75, 3.05) is 31.3 Å².